The van der Waals surface area contributed by atoms with Crippen molar-refractivity contribution in [1.29, 1.82) is 0 Å². The fourth-order valence-corrected chi connectivity index (χ4v) is 1.83. The molecule has 1 aliphatic rings. The molecule has 0 atom stereocenters. The van der Waals surface area contributed by atoms with Crippen molar-refractivity contribution in [3.63, 3.8) is 0 Å². The molecule has 1 aromatic heterocycles. The van der Waals surface area contributed by atoms with Gasteiger partial charge in [-0.05, 0) is 12.1 Å². The lowest BCUT2D eigenvalue weighted by Gasteiger charge is -2.26. The number of nitrogens with zero attached hydrogens (tertiary/aromatic N) is 2. The highest BCUT2D eigenvalue weighted by molar-refractivity contribution is 5.93. The Morgan fingerprint density at radius 1 is 1.47 bits per heavy atom. The van der Waals surface area contributed by atoms with Crippen molar-refractivity contribution in [3.8, 4) is 0 Å². The van der Waals surface area contributed by atoms with Gasteiger partial charge in [0.15, 0.2) is 0 Å². The summed E-state index contributed by atoms with van der Waals surface area (Å²) >= 11 is 0. The largest absolute Gasteiger partial charge is 0.314 e. The Morgan fingerprint density at radius 2 is 2.24 bits per heavy atom. The molecule has 1 aromatic rings. The maximum absolute atomic E-state index is 11.2. The number of pyridine rings is 1. The number of carbonyl (C=O) groups is 1. The number of carbonyl (C=O) groups excluding carboxylic acids is 1. The Labute approximate surface area is 100 Å². The van der Waals surface area contributed by atoms with E-state index in [-0.39, 0.29) is 5.91 Å². The van der Waals surface area contributed by atoms with Crippen molar-refractivity contribution in [3.05, 3.63) is 29.6 Å². The van der Waals surface area contributed by atoms with E-state index in [0.29, 0.717) is 5.56 Å². The van der Waals surface area contributed by atoms with Gasteiger partial charge < -0.3 is 5.32 Å². The van der Waals surface area contributed by atoms with Crippen LogP contribution in [0.2, 0.25) is 0 Å². The summed E-state index contributed by atoms with van der Waals surface area (Å²) in [5.41, 5.74) is 3.54. The number of rotatable bonds is 3. The number of hydrogen-bond acceptors (Lipinski definition) is 5. The number of amides is 1. The molecule has 0 aromatic carbocycles. The third-order valence-electron chi connectivity index (χ3n) is 2.81. The molecule has 6 heteroatoms. The van der Waals surface area contributed by atoms with E-state index in [0.717, 1.165) is 38.4 Å². The first-order valence-corrected chi connectivity index (χ1v) is 5.68. The molecule has 0 saturated carbocycles. The van der Waals surface area contributed by atoms with Gasteiger partial charge >= 0.3 is 0 Å². The van der Waals surface area contributed by atoms with E-state index in [9.17, 15) is 4.79 Å². The summed E-state index contributed by atoms with van der Waals surface area (Å²) in [6.07, 6.45) is 1.56. The number of hydrogen-bond donors (Lipinski definition) is 3. The van der Waals surface area contributed by atoms with Crippen LogP contribution >= 0.6 is 0 Å². The second-order valence-corrected chi connectivity index (χ2v) is 4.04. The molecule has 17 heavy (non-hydrogen) atoms. The Bertz CT molecular complexity index is 372. The molecule has 0 radical (unpaired) electrons. The van der Waals surface area contributed by atoms with Gasteiger partial charge in [0.05, 0.1) is 11.3 Å². The third-order valence-corrected chi connectivity index (χ3v) is 2.81. The zero-order valence-electron chi connectivity index (χ0n) is 9.65. The minimum absolute atomic E-state index is 0.314. The molecule has 92 valence electrons. The lowest BCUT2D eigenvalue weighted by molar-refractivity contribution is 0.0953. The molecule has 4 N–H and O–H groups in total. The van der Waals surface area contributed by atoms with Crippen LogP contribution in [0.4, 0.5) is 0 Å². The topological polar surface area (TPSA) is 83.3 Å². The maximum atomic E-state index is 11.2. The highest BCUT2D eigenvalue weighted by atomic mass is 16.2. The molecule has 1 amide bonds. The number of hydrazine groups is 1. The molecule has 1 fully saturated rings. The lowest BCUT2D eigenvalue weighted by atomic mass is 10.2. The van der Waals surface area contributed by atoms with Gasteiger partial charge in [0.2, 0.25) is 0 Å². The number of nitrogens with two attached hydrogens (primary N) is 1. The first kappa shape index (κ1) is 12.0. The van der Waals surface area contributed by atoms with Gasteiger partial charge in [-0.25, -0.2) is 5.84 Å². The summed E-state index contributed by atoms with van der Waals surface area (Å²) in [7, 11) is 0. The Morgan fingerprint density at radius 3 is 2.82 bits per heavy atom. The van der Waals surface area contributed by atoms with Crippen LogP contribution in [0.3, 0.4) is 0 Å². The number of nitrogen functional groups attached to an aromatic ring is 1. The van der Waals surface area contributed by atoms with Gasteiger partial charge in [-0.2, -0.15) is 0 Å². The summed E-state index contributed by atoms with van der Waals surface area (Å²) in [6, 6.07) is 3.61. The van der Waals surface area contributed by atoms with Crippen LogP contribution in [0.5, 0.6) is 0 Å². The van der Waals surface area contributed by atoms with Crippen molar-refractivity contribution < 1.29 is 4.79 Å². The third kappa shape index (κ3) is 3.23. The van der Waals surface area contributed by atoms with Crippen LogP contribution in [0.1, 0.15) is 16.1 Å². The van der Waals surface area contributed by atoms with E-state index in [1.54, 1.807) is 12.3 Å². The first-order valence-electron chi connectivity index (χ1n) is 5.68. The molecule has 0 aliphatic carbocycles. The first-order chi connectivity index (χ1) is 8.29. The zero-order valence-corrected chi connectivity index (χ0v) is 9.65. The van der Waals surface area contributed by atoms with Crippen LogP contribution < -0.4 is 16.6 Å². The predicted molar refractivity (Wildman–Crippen MR) is 64.0 cm³/mol. The van der Waals surface area contributed by atoms with Gasteiger partial charge in [0.1, 0.15) is 0 Å². The zero-order chi connectivity index (χ0) is 12.1. The second-order valence-electron chi connectivity index (χ2n) is 4.04. The summed E-state index contributed by atoms with van der Waals surface area (Å²) in [4.78, 5) is 17.8. The molecule has 1 aliphatic heterocycles. The molecule has 1 saturated heterocycles. The Balaban J connectivity index is 1.95. The van der Waals surface area contributed by atoms with Crippen LogP contribution in [0.25, 0.3) is 0 Å². The van der Waals surface area contributed by atoms with Gasteiger partial charge in [0.25, 0.3) is 5.91 Å². The molecule has 0 bridgehead atoms. The SMILES string of the molecule is NNC(=O)c1ccc(CN2CCNCC2)nc1. The van der Waals surface area contributed by atoms with E-state index >= 15 is 0 Å². The minimum Gasteiger partial charge on any atom is -0.314 e. The van der Waals surface area contributed by atoms with Crippen molar-refractivity contribution in [2.75, 3.05) is 26.2 Å². The molecule has 2 heterocycles. The summed E-state index contributed by atoms with van der Waals surface area (Å²) < 4.78 is 0. The molecule has 6 nitrogen and oxygen atoms in total. The highest BCUT2D eigenvalue weighted by Crippen LogP contribution is 2.04. The lowest BCUT2D eigenvalue weighted by Crippen LogP contribution is -2.43. The fraction of sp³-hybridized carbons (Fsp3) is 0.455. The maximum Gasteiger partial charge on any atom is 0.266 e. The van der Waals surface area contributed by atoms with Crippen LogP contribution in [-0.2, 0) is 6.54 Å². The van der Waals surface area contributed by atoms with Crippen LogP contribution in [-0.4, -0.2) is 42.0 Å². The van der Waals surface area contributed by atoms with E-state index in [2.05, 4.69) is 20.6 Å². The standard InChI is InChI=1S/C11H17N5O/c12-15-11(17)9-1-2-10(14-7-9)8-16-5-3-13-4-6-16/h1-2,7,13H,3-6,8,12H2,(H,15,17). The number of nitrogens with one attached hydrogen (secondary N) is 2. The van der Waals surface area contributed by atoms with E-state index in [1.807, 2.05) is 6.07 Å². The number of piperazine rings is 1. The van der Waals surface area contributed by atoms with E-state index < -0.39 is 0 Å². The highest BCUT2D eigenvalue weighted by Gasteiger charge is 2.11. The summed E-state index contributed by atoms with van der Waals surface area (Å²) in [5, 5.41) is 3.30. The predicted octanol–water partition coefficient (Wildman–Crippen LogP) is -0.910. The van der Waals surface area contributed by atoms with E-state index in [1.165, 1.54) is 0 Å². The second kappa shape index (κ2) is 5.72. The molecule has 0 spiro atoms. The fourth-order valence-electron chi connectivity index (χ4n) is 1.83. The Hall–Kier alpha value is -1.50. The van der Waals surface area contributed by atoms with Crippen LogP contribution in [0.15, 0.2) is 18.3 Å². The molecule has 0 unspecified atom stereocenters. The van der Waals surface area contributed by atoms with Crippen molar-refractivity contribution in [2.24, 2.45) is 5.84 Å². The molecular weight excluding hydrogens is 218 g/mol. The quantitative estimate of drug-likeness (QED) is 0.359. The average Bonchev–Trinajstić information content (AvgIpc) is 2.40. The number of aromatic nitrogens is 1. The van der Waals surface area contributed by atoms with E-state index in [4.69, 9.17) is 5.84 Å². The van der Waals surface area contributed by atoms with Gasteiger partial charge in [-0.15, -0.1) is 0 Å². The van der Waals surface area contributed by atoms with Crippen molar-refractivity contribution >= 4 is 5.91 Å². The summed E-state index contributed by atoms with van der Waals surface area (Å²) in [5.74, 6) is 4.74. The van der Waals surface area contributed by atoms with Crippen molar-refractivity contribution in [2.45, 2.75) is 6.54 Å². The van der Waals surface area contributed by atoms with Crippen LogP contribution in [0, 0.1) is 0 Å². The smallest absolute Gasteiger partial charge is 0.266 e. The van der Waals surface area contributed by atoms with Gasteiger partial charge in [-0.1, -0.05) is 0 Å². The Kier molecular flexibility index (Phi) is 4.03. The monoisotopic (exact) mass is 235 g/mol. The van der Waals surface area contributed by atoms with Crippen molar-refractivity contribution in [1.82, 2.24) is 20.6 Å². The molecule has 2 rings (SSSR count). The molecular formula is C11H17N5O. The van der Waals surface area contributed by atoms with Gasteiger partial charge in [0, 0.05) is 38.9 Å². The van der Waals surface area contributed by atoms with Gasteiger partial charge in [-0.3, -0.25) is 20.1 Å². The average molecular weight is 235 g/mol. The minimum atomic E-state index is -0.314. The summed E-state index contributed by atoms with van der Waals surface area (Å²) in [6.45, 7) is 4.94. The normalized spacial score (nSPS) is 16.8.